The van der Waals surface area contributed by atoms with Crippen molar-refractivity contribution in [2.45, 2.75) is 13.3 Å². The second-order valence-corrected chi connectivity index (χ2v) is 9.01. The summed E-state index contributed by atoms with van der Waals surface area (Å²) in [4.78, 5) is 39.6. The first-order valence-corrected chi connectivity index (χ1v) is 11.5. The Kier molecular flexibility index (Phi) is 6.86. The van der Waals surface area contributed by atoms with E-state index in [1.54, 1.807) is 38.3 Å². The van der Waals surface area contributed by atoms with Crippen LogP contribution in [0.15, 0.2) is 70.7 Å². The number of nitrogens with one attached hydrogen (secondary N) is 1. The van der Waals surface area contributed by atoms with Crippen LogP contribution in [0.3, 0.4) is 0 Å². The first-order valence-electron chi connectivity index (χ1n) is 10.4. The molecule has 1 aliphatic rings. The molecule has 0 bridgehead atoms. The van der Waals surface area contributed by atoms with E-state index in [1.165, 1.54) is 12.1 Å². The number of hydrogen-bond acceptors (Lipinski definition) is 4. The van der Waals surface area contributed by atoms with Crippen LogP contribution in [-0.4, -0.2) is 25.0 Å². The van der Waals surface area contributed by atoms with Crippen LogP contribution in [0.1, 0.15) is 22.3 Å². The summed E-state index contributed by atoms with van der Waals surface area (Å²) >= 11 is 9.66. The smallest absolute Gasteiger partial charge is 0.335 e. The summed E-state index contributed by atoms with van der Waals surface area (Å²) < 4.78 is 6.32. The molecule has 0 atom stereocenters. The molecule has 1 heterocycles. The molecule has 0 aliphatic carbocycles. The van der Waals surface area contributed by atoms with Gasteiger partial charge in [-0.05, 0) is 72.0 Å². The number of rotatable bonds is 5. The van der Waals surface area contributed by atoms with Crippen LogP contribution in [0.2, 0.25) is 5.02 Å². The highest BCUT2D eigenvalue weighted by Crippen LogP contribution is 2.30. The molecule has 0 saturated carbocycles. The zero-order chi connectivity index (χ0) is 24.4. The van der Waals surface area contributed by atoms with Crippen molar-refractivity contribution in [1.82, 2.24) is 5.32 Å². The van der Waals surface area contributed by atoms with E-state index in [0.29, 0.717) is 34.0 Å². The first kappa shape index (κ1) is 23.7. The van der Waals surface area contributed by atoms with E-state index >= 15 is 0 Å². The Bertz CT molecular complexity index is 1350. The number of hydrogen-bond donors (Lipinski definition) is 1. The van der Waals surface area contributed by atoms with Crippen molar-refractivity contribution in [2.75, 3.05) is 12.0 Å². The molecule has 6 nitrogen and oxygen atoms in total. The van der Waals surface area contributed by atoms with Crippen LogP contribution < -0.4 is 15.0 Å². The molecule has 0 aromatic heterocycles. The maximum atomic E-state index is 13.4. The van der Waals surface area contributed by atoms with Gasteiger partial charge in [0.25, 0.3) is 11.8 Å². The lowest BCUT2D eigenvalue weighted by molar-refractivity contribution is -0.122. The topological polar surface area (TPSA) is 75.7 Å². The van der Waals surface area contributed by atoms with Crippen molar-refractivity contribution < 1.29 is 19.1 Å². The summed E-state index contributed by atoms with van der Waals surface area (Å²) in [5.74, 6) is -0.828. The van der Waals surface area contributed by atoms with Crippen LogP contribution in [-0.2, 0) is 16.0 Å². The fourth-order valence-corrected chi connectivity index (χ4v) is 4.30. The number of barbiturate groups is 1. The largest absolute Gasteiger partial charge is 0.497 e. The Morgan fingerprint density at radius 3 is 2.53 bits per heavy atom. The fourth-order valence-electron chi connectivity index (χ4n) is 3.71. The molecule has 8 heteroatoms. The first-order chi connectivity index (χ1) is 16.3. The average molecular weight is 540 g/mol. The maximum absolute atomic E-state index is 13.4. The van der Waals surface area contributed by atoms with Gasteiger partial charge in [-0.15, -0.1) is 0 Å². The van der Waals surface area contributed by atoms with E-state index < -0.39 is 17.8 Å². The van der Waals surface area contributed by atoms with Crippen molar-refractivity contribution in [3.8, 4) is 5.75 Å². The summed E-state index contributed by atoms with van der Waals surface area (Å²) in [6.07, 6.45) is 2.03. The number of urea groups is 1. The minimum absolute atomic E-state index is 0.155. The molecule has 0 unspecified atom stereocenters. The highest BCUT2D eigenvalue weighted by molar-refractivity contribution is 9.10. The van der Waals surface area contributed by atoms with E-state index in [4.69, 9.17) is 16.3 Å². The minimum atomic E-state index is -0.819. The van der Waals surface area contributed by atoms with Crippen molar-refractivity contribution in [2.24, 2.45) is 0 Å². The van der Waals surface area contributed by atoms with Crippen molar-refractivity contribution in [3.63, 3.8) is 0 Å². The van der Waals surface area contributed by atoms with E-state index in [-0.39, 0.29) is 5.57 Å². The zero-order valence-electron chi connectivity index (χ0n) is 18.4. The quantitative estimate of drug-likeness (QED) is 0.335. The van der Waals surface area contributed by atoms with E-state index in [0.717, 1.165) is 20.5 Å². The van der Waals surface area contributed by atoms with Crippen molar-refractivity contribution >= 4 is 57.1 Å². The molecule has 3 aromatic carbocycles. The lowest BCUT2D eigenvalue weighted by atomic mass is 9.96. The number of ether oxygens (including phenoxy) is 1. The molecule has 0 spiro atoms. The Morgan fingerprint density at radius 2 is 1.79 bits per heavy atom. The van der Waals surface area contributed by atoms with Gasteiger partial charge in [0.1, 0.15) is 11.3 Å². The lowest BCUT2D eigenvalue weighted by Gasteiger charge is -2.27. The standard InChI is InChI=1S/C26H20BrClN2O4/c1-15-7-9-19(28)14-23(15)30-25(32)21(24(31)29-26(30)33)13-16-8-10-20(34-2)12-18(16)11-17-5-3-4-6-22(17)27/h3-10,12-14H,11H2,1-2H3,(H,29,31,33)/b21-13+. The van der Waals surface area contributed by atoms with Gasteiger partial charge in [0, 0.05) is 9.50 Å². The Morgan fingerprint density at radius 1 is 1.03 bits per heavy atom. The zero-order valence-corrected chi connectivity index (χ0v) is 20.7. The molecule has 0 radical (unpaired) electrons. The average Bonchev–Trinajstić information content (AvgIpc) is 2.81. The number of nitrogens with zero attached hydrogens (tertiary/aromatic N) is 1. The molecule has 4 rings (SSSR count). The molecule has 34 heavy (non-hydrogen) atoms. The molecular weight excluding hydrogens is 520 g/mol. The van der Waals surface area contributed by atoms with E-state index in [1.807, 2.05) is 30.3 Å². The normalized spacial score (nSPS) is 15.0. The number of carbonyl (C=O) groups excluding carboxylic acids is 3. The second-order valence-electron chi connectivity index (χ2n) is 7.72. The third-order valence-corrected chi connectivity index (χ3v) is 6.51. The fraction of sp³-hybridized carbons (Fsp3) is 0.115. The molecule has 1 saturated heterocycles. The van der Waals surface area contributed by atoms with Crippen LogP contribution in [0, 0.1) is 6.92 Å². The van der Waals surface area contributed by atoms with Gasteiger partial charge in [0.05, 0.1) is 12.8 Å². The van der Waals surface area contributed by atoms with Crippen LogP contribution in [0.25, 0.3) is 6.08 Å². The van der Waals surface area contributed by atoms with Gasteiger partial charge in [0.2, 0.25) is 0 Å². The van der Waals surface area contributed by atoms with Gasteiger partial charge in [-0.1, -0.05) is 57.9 Å². The highest BCUT2D eigenvalue weighted by atomic mass is 79.9. The lowest BCUT2D eigenvalue weighted by Crippen LogP contribution is -2.54. The molecule has 1 fully saturated rings. The maximum Gasteiger partial charge on any atom is 0.335 e. The van der Waals surface area contributed by atoms with E-state index in [2.05, 4.69) is 21.2 Å². The number of halogens is 2. The van der Waals surface area contributed by atoms with Gasteiger partial charge < -0.3 is 4.74 Å². The monoisotopic (exact) mass is 538 g/mol. The number of carbonyl (C=O) groups is 3. The third kappa shape index (κ3) is 4.76. The Hall–Kier alpha value is -3.42. The molecule has 172 valence electrons. The van der Waals surface area contributed by atoms with Crippen LogP contribution in [0.4, 0.5) is 10.5 Å². The summed E-state index contributed by atoms with van der Waals surface area (Å²) in [7, 11) is 1.57. The predicted molar refractivity (Wildman–Crippen MR) is 135 cm³/mol. The SMILES string of the molecule is COc1ccc(/C=C2\C(=O)NC(=O)N(c3cc(Cl)ccc3C)C2=O)c(Cc2ccccc2Br)c1. The number of imide groups is 2. The second kappa shape index (κ2) is 9.83. The molecule has 4 amide bonds. The minimum Gasteiger partial charge on any atom is -0.497 e. The Labute approximate surface area is 210 Å². The van der Waals surface area contributed by atoms with Gasteiger partial charge in [0.15, 0.2) is 0 Å². The summed E-state index contributed by atoms with van der Waals surface area (Å²) in [5.41, 5.74) is 3.37. The van der Waals surface area contributed by atoms with Crippen molar-refractivity contribution in [1.29, 1.82) is 0 Å². The number of amides is 4. The molecule has 1 aliphatic heterocycles. The number of methoxy groups -OCH3 is 1. The highest BCUT2D eigenvalue weighted by Gasteiger charge is 2.37. The van der Waals surface area contributed by atoms with E-state index in [9.17, 15) is 14.4 Å². The number of benzene rings is 3. The Balaban J connectivity index is 1.79. The number of anilines is 1. The van der Waals surface area contributed by atoms with Gasteiger partial charge in [-0.25, -0.2) is 9.69 Å². The van der Waals surface area contributed by atoms with Gasteiger partial charge in [-0.3, -0.25) is 14.9 Å². The molecule has 3 aromatic rings. The van der Waals surface area contributed by atoms with Crippen LogP contribution in [0.5, 0.6) is 5.75 Å². The van der Waals surface area contributed by atoms with Crippen LogP contribution >= 0.6 is 27.5 Å². The molecular formula is C26H20BrClN2O4. The summed E-state index contributed by atoms with van der Waals surface area (Å²) in [6.45, 7) is 1.76. The third-order valence-electron chi connectivity index (χ3n) is 5.50. The summed E-state index contributed by atoms with van der Waals surface area (Å²) in [5, 5.41) is 2.63. The van der Waals surface area contributed by atoms with Crippen molar-refractivity contribution in [3.05, 3.63) is 98.0 Å². The number of aryl methyl sites for hydroxylation is 1. The molecule has 1 N–H and O–H groups in total. The van der Waals surface area contributed by atoms with Gasteiger partial charge >= 0.3 is 6.03 Å². The van der Waals surface area contributed by atoms with Gasteiger partial charge in [-0.2, -0.15) is 0 Å². The predicted octanol–water partition coefficient (Wildman–Crippen LogP) is 5.68. The summed E-state index contributed by atoms with van der Waals surface area (Å²) in [6, 6.07) is 17.3.